The normalized spacial score (nSPS) is 14.9. The van der Waals surface area contributed by atoms with Gasteiger partial charge in [0.25, 0.3) is 0 Å². The zero-order valence-electron chi connectivity index (χ0n) is 23.0. The Labute approximate surface area is 231 Å². The van der Waals surface area contributed by atoms with E-state index in [1.54, 1.807) is 37.3 Å². The molecule has 0 radical (unpaired) electrons. The summed E-state index contributed by atoms with van der Waals surface area (Å²) in [6.07, 6.45) is 2.21. The van der Waals surface area contributed by atoms with E-state index in [0.717, 1.165) is 30.4 Å². The first-order valence-electron chi connectivity index (χ1n) is 13.3. The van der Waals surface area contributed by atoms with E-state index in [1.165, 1.54) is 34.6 Å². The molecule has 7 nitrogen and oxygen atoms in total. The Morgan fingerprint density at radius 2 is 1.72 bits per heavy atom. The number of likely N-dealkylation sites (N-methyl/N-ethyl adjacent to an activating group) is 1. The third-order valence-corrected chi connectivity index (χ3v) is 9.36. The van der Waals surface area contributed by atoms with Gasteiger partial charge in [0.2, 0.25) is 10.0 Å². The number of nitrogens with zero attached hydrogens (tertiary/aromatic N) is 1. The number of aliphatic hydroxyl groups excluding tert-OH is 1. The lowest BCUT2D eigenvalue weighted by atomic mass is 9.88. The van der Waals surface area contributed by atoms with E-state index < -0.39 is 22.1 Å². The number of rotatable bonds is 11. The Morgan fingerprint density at radius 3 is 2.33 bits per heavy atom. The van der Waals surface area contributed by atoms with Gasteiger partial charge in [0.15, 0.2) is 0 Å². The average Bonchev–Trinajstić information content (AvgIpc) is 3.29. The second-order valence-corrected chi connectivity index (χ2v) is 13.4. The summed E-state index contributed by atoms with van der Waals surface area (Å²) < 4.78 is 27.9. The molecular weight excluding hydrogens is 512 g/mol. The van der Waals surface area contributed by atoms with Crippen LogP contribution in [0.5, 0.6) is 0 Å². The molecule has 0 unspecified atom stereocenters. The number of β-amino-alcohol motifs (C(OH)–C–C–N with tert-alkyl or cyclic N) is 1. The minimum absolute atomic E-state index is 0.0448. The van der Waals surface area contributed by atoms with Crippen LogP contribution in [-0.2, 0) is 22.9 Å². The van der Waals surface area contributed by atoms with E-state index in [0.29, 0.717) is 11.5 Å². The summed E-state index contributed by atoms with van der Waals surface area (Å²) in [4.78, 5) is 11.4. The molecule has 0 saturated heterocycles. The molecule has 0 fully saturated rings. The largest absolute Gasteiger partial charge is 0.478 e. The summed E-state index contributed by atoms with van der Waals surface area (Å²) in [5.74, 6) is -0.468. The van der Waals surface area contributed by atoms with Crippen molar-refractivity contribution in [3.05, 3.63) is 89.0 Å². The topological polar surface area (TPSA) is 107 Å². The van der Waals surface area contributed by atoms with Crippen LogP contribution in [0.4, 0.5) is 0 Å². The minimum Gasteiger partial charge on any atom is -0.478 e. The highest BCUT2D eigenvalue weighted by Gasteiger charge is 2.29. The average molecular weight is 551 g/mol. The van der Waals surface area contributed by atoms with Gasteiger partial charge >= 0.3 is 5.97 Å². The molecule has 3 aromatic rings. The molecule has 3 aromatic carbocycles. The summed E-state index contributed by atoms with van der Waals surface area (Å²) >= 11 is 0. The molecule has 39 heavy (non-hydrogen) atoms. The van der Waals surface area contributed by atoms with Crippen LogP contribution in [0.25, 0.3) is 11.1 Å². The Kier molecular flexibility index (Phi) is 8.61. The Morgan fingerprint density at radius 1 is 1.05 bits per heavy atom. The number of fused-ring (bicyclic) bond motifs is 1. The summed E-state index contributed by atoms with van der Waals surface area (Å²) in [5, 5.41) is 23.4. The summed E-state index contributed by atoms with van der Waals surface area (Å²) in [6.45, 7) is 6.28. The van der Waals surface area contributed by atoms with Gasteiger partial charge in [-0.15, -0.1) is 0 Å². The van der Waals surface area contributed by atoms with Gasteiger partial charge in [-0.1, -0.05) is 42.5 Å². The zero-order valence-corrected chi connectivity index (χ0v) is 23.8. The fourth-order valence-corrected chi connectivity index (χ4v) is 6.82. The predicted molar refractivity (Wildman–Crippen MR) is 153 cm³/mol. The van der Waals surface area contributed by atoms with Crippen LogP contribution in [0, 0.1) is 12.8 Å². The molecule has 0 amide bonds. The van der Waals surface area contributed by atoms with Crippen molar-refractivity contribution in [2.75, 3.05) is 20.1 Å². The van der Waals surface area contributed by atoms with Gasteiger partial charge in [-0.3, -0.25) is 0 Å². The quantitative estimate of drug-likeness (QED) is 0.324. The fourth-order valence-electron chi connectivity index (χ4n) is 5.57. The van der Waals surface area contributed by atoms with E-state index in [2.05, 4.69) is 43.4 Å². The van der Waals surface area contributed by atoms with Gasteiger partial charge in [0.1, 0.15) is 0 Å². The molecule has 4 rings (SSSR count). The van der Waals surface area contributed by atoms with Crippen molar-refractivity contribution in [2.24, 2.45) is 5.92 Å². The Bertz CT molecular complexity index is 1430. The maximum absolute atomic E-state index is 13.3. The number of hydrogen-bond acceptors (Lipinski definition) is 5. The molecule has 0 bridgehead atoms. The number of carboxylic acids is 1. The summed E-state index contributed by atoms with van der Waals surface area (Å²) in [7, 11) is -2.38. The van der Waals surface area contributed by atoms with Crippen molar-refractivity contribution >= 4 is 16.0 Å². The first-order valence-corrected chi connectivity index (χ1v) is 14.7. The van der Waals surface area contributed by atoms with Crippen molar-refractivity contribution in [1.29, 1.82) is 0 Å². The number of hydrogen-bond donors (Lipinski definition) is 3. The van der Waals surface area contributed by atoms with E-state index in [1.807, 2.05) is 0 Å². The molecule has 0 spiro atoms. The number of nitrogens with one attached hydrogen (secondary N) is 1. The van der Waals surface area contributed by atoms with Crippen LogP contribution in [-0.4, -0.2) is 60.7 Å². The smallest absolute Gasteiger partial charge is 0.335 e. The van der Waals surface area contributed by atoms with Crippen molar-refractivity contribution in [1.82, 2.24) is 9.62 Å². The van der Waals surface area contributed by atoms with E-state index in [9.17, 15) is 23.4 Å². The van der Waals surface area contributed by atoms with Gasteiger partial charge in [-0.2, -0.15) is 4.31 Å². The molecule has 0 aromatic heterocycles. The molecule has 1 aliphatic rings. The van der Waals surface area contributed by atoms with Crippen molar-refractivity contribution in [3.63, 3.8) is 0 Å². The third-order valence-electron chi connectivity index (χ3n) is 7.55. The molecule has 1 atom stereocenters. The van der Waals surface area contributed by atoms with Crippen LogP contribution < -0.4 is 5.32 Å². The lowest BCUT2D eigenvalue weighted by molar-refractivity contribution is 0.0696. The van der Waals surface area contributed by atoms with Crippen LogP contribution in [0.2, 0.25) is 0 Å². The highest BCUT2D eigenvalue weighted by Crippen LogP contribution is 2.32. The number of aliphatic hydroxyl groups is 1. The van der Waals surface area contributed by atoms with Gasteiger partial charge in [0, 0.05) is 25.7 Å². The van der Waals surface area contributed by atoms with E-state index >= 15 is 0 Å². The molecule has 0 heterocycles. The lowest BCUT2D eigenvalue weighted by Crippen LogP contribution is -2.47. The van der Waals surface area contributed by atoms with Crippen molar-refractivity contribution < 1.29 is 23.4 Å². The number of aromatic carboxylic acids is 1. The summed E-state index contributed by atoms with van der Waals surface area (Å²) in [5.41, 5.74) is 4.99. The lowest BCUT2D eigenvalue weighted by Gasteiger charge is -2.31. The molecule has 8 heteroatoms. The van der Waals surface area contributed by atoms with Crippen LogP contribution in [0.1, 0.15) is 47.3 Å². The number of benzene rings is 3. The van der Waals surface area contributed by atoms with Gasteiger partial charge in [-0.25, -0.2) is 13.2 Å². The number of aryl methyl sites for hydroxylation is 1. The van der Waals surface area contributed by atoms with Gasteiger partial charge in [-0.05, 0) is 98.0 Å². The second-order valence-electron chi connectivity index (χ2n) is 11.3. The number of sulfonamides is 1. The molecule has 0 saturated carbocycles. The standard InChI is InChI=1S/C31H38N2O5S/c1-21-14-26(30(35)36)12-13-29(21)25-10-7-11-28(17-25)39(37,38)33(4)20-27(34)19-32-31(2,3)18-22-15-23-8-5-6-9-24(23)16-22/h5-14,17,22,27,32,34H,15-16,18-20H2,1-4H3,(H,35,36)/t27-/m1/s1. The maximum Gasteiger partial charge on any atom is 0.335 e. The Hall–Kier alpha value is -3.04. The summed E-state index contributed by atoms with van der Waals surface area (Å²) in [6, 6.07) is 19.9. The monoisotopic (exact) mass is 550 g/mol. The third kappa shape index (κ3) is 6.94. The second kappa shape index (κ2) is 11.6. The zero-order chi connectivity index (χ0) is 28.4. The van der Waals surface area contributed by atoms with Gasteiger partial charge < -0.3 is 15.5 Å². The van der Waals surface area contributed by atoms with Crippen LogP contribution in [0.15, 0.2) is 71.6 Å². The highest BCUT2D eigenvalue weighted by atomic mass is 32.2. The fraction of sp³-hybridized carbons (Fsp3) is 0.387. The number of carboxylic acid groups (broad SMARTS) is 1. The number of carbonyl (C=O) groups is 1. The van der Waals surface area contributed by atoms with Crippen molar-refractivity contribution in [3.8, 4) is 11.1 Å². The molecule has 0 aliphatic heterocycles. The predicted octanol–water partition coefficient (Wildman–Crippen LogP) is 4.51. The molecular formula is C31H38N2O5S. The minimum atomic E-state index is -3.85. The first-order chi connectivity index (χ1) is 18.4. The first kappa shape index (κ1) is 29.0. The van der Waals surface area contributed by atoms with E-state index in [-0.39, 0.29) is 29.1 Å². The van der Waals surface area contributed by atoms with Crippen LogP contribution >= 0.6 is 0 Å². The molecule has 3 N–H and O–H groups in total. The molecule has 1 aliphatic carbocycles. The SMILES string of the molecule is Cc1cc(C(=O)O)ccc1-c1cccc(S(=O)(=O)N(C)C[C@H](O)CNC(C)(C)CC2Cc3ccccc3C2)c1. The Balaban J connectivity index is 1.36. The van der Waals surface area contributed by atoms with E-state index in [4.69, 9.17) is 0 Å². The van der Waals surface area contributed by atoms with Crippen LogP contribution in [0.3, 0.4) is 0 Å². The van der Waals surface area contributed by atoms with Gasteiger partial charge in [0.05, 0.1) is 16.6 Å². The maximum atomic E-state index is 13.3. The molecule has 208 valence electrons. The highest BCUT2D eigenvalue weighted by molar-refractivity contribution is 7.89. The van der Waals surface area contributed by atoms with Crippen molar-refractivity contribution in [2.45, 2.75) is 56.6 Å².